The van der Waals surface area contributed by atoms with Crippen LogP contribution in [0.1, 0.15) is 30.4 Å². The molecule has 0 aromatic carbocycles. The molecule has 0 spiro atoms. The van der Waals surface area contributed by atoms with Crippen molar-refractivity contribution in [2.45, 2.75) is 32.0 Å². The molecule has 124 valence electrons. The summed E-state index contributed by atoms with van der Waals surface area (Å²) in [5.41, 5.74) is 0. The summed E-state index contributed by atoms with van der Waals surface area (Å²) >= 11 is 0. The predicted molar refractivity (Wildman–Crippen MR) is 85.9 cm³/mol. The fraction of sp³-hybridized carbons (Fsp3) is 0.471. The number of carbonyl (C=O) groups is 1. The van der Waals surface area contributed by atoms with Gasteiger partial charge in [0.15, 0.2) is 0 Å². The lowest BCUT2D eigenvalue weighted by Gasteiger charge is -2.23. The molecule has 23 heavy (non-hydrogen) atoms. The van der Waals surface area contributed by atoms with Gasteiger partial charge in [-0.1, -0.05) is 0 Å². The summed E-state index contributed by atoms with van der Waals surface area (Å²) in [7, 11) is 1.64. The Hall–Kier alpha value is -2.21. The smallest absolute Gasteiger partial charge is 0.318 e. The molecule has 1 N–H and O–H groups in total. The third-order valence-corrected chi connectivity index (χ3v) is 4.12. The maximum Gasteiger partial charge on any atom is 0.318 e. The van der Waals surface area contributed by atoms with Gasteiger partial charge in [-0.25, -0.2) is 4.79 Å². The second-order valence-corrected chi connectivity index (χ2v) is 5.74. The monoisotopic (exact) mass is 317 g/mol. The third kappa shape index (κ3) is 3.76. The zero-order valence-electron chi connectivity index (χ0n) is 13.4. The molecule has 0 aliphatic carbocycles. The molecule has 6 heteroatoms. The van der Waals surface area contributed by atoms with Crippen LogP contribution in [0.25, 0.3) is 0 Å². The number of carbonyl (C=O) groups excluding carboxylic acids is 1. The molecule has 6 nitrogen and oxygen atoms in total. The van der Waals surface area contributed by atoms with Gasteiger partial charge in [0.25, 0.3) is 0 Å². The summed E-state index contributed by atoms with van der Waals surface area (Å²) in [4.78, 5) is 14.3. The molecule has 3 rings (SSSR count). The van der Waals surface area contributed by atoms with Crippen molar-refractivity contribution in [1.82, 2.24) is 14.8 Å². The number of likely N-dealkylation sites (tertiary alicyclic amines) is 1. The highest BCUT2D eigenvalue weighted by atomic mass is 16.5. The van der Waals surface area contributed by atoms with E-state index < -0.39 is 0 Å². The van der Waals surface area contributed by atoms with Gasteiger partial charge in [-0.15, -0.1) is 0 Å². The number of aromatic nitrogens is 1. The van der Waals surface area contributed by atoms with E-state index in [-0.39, 0.29) is 12.1 Å². The fourth-order valence-electron chi connectivity index (χ4n) is 3.01. The average molecular weight is 317 g/mol. The predicted octanol–water partition coefficient (Wildman–Crippen LogP) is 2.77. The van der Waals surface area contributed by atoms with Gasteiger partial charge >= 0.3 is 6.03 Å². The molecule has 0 bridgehead atoms. The Kier molecular flexibility index (Phi) is 5.02. The lowest BCUT2D eigenvalue weighted by atomic mass is 10.2. The van der Waals surface area contributed by atoms with Gasteiger partial charge in [0, 0.05) is 39.1 Å². The zero-order chi connectivity index (χ0) is 16.1. The van der Waals surface area contributed by atoms with Crippen molar-refractivity contribution in [1.29, 1.82) is 0 Å². The van der Waals surface area contributed by atoms with Crippen molar-refractivity contribution in [3.05, 3.63) is 48.2 Å². The van der Waals surface area contributed by atoms with Crippen molar-refractivity contribution in [2.24, 2.45) is 0 Å². The number of rotatable bonds is 6. The summed E-state index contributed by atoms with van der Waals surface area (Å²) in [6.45, 7) is 2.61. The molecule has 0 radical (unpaired) electrons. The summed E-state index contributed by atoms with van der Waals surface area (Å²) in [6.07, 6.45) is 5.91. The Bertz CT molecular complexity index is 621. The van der Waals surface area contributed by atoms with E-state index in [1.807, 2.05) is 46.1 Å². The van der Waals surface area contributed by atoms with Gasteiger partial charge < -0.3 is 23.9 Å². The number of urea groups is 1. The van der Waals surface area contributed by atoms with Crippen LogP contribution in [-0.2, 0) is 17.9 Å². The molecule has 2 aromatic rings. The lowest BCUT2D eigenvalue weighted by molar-refractivity contribution is 0.156. The Morgan fingerprint density at radius 1 is 1.39 bits per heavy atom. The van der Waals surface area contributed by atoms with Crippen LogP contribution in [0.5, 0.6) is 0 Å². The van der Waals surface area contributed by atoms with E-state index in [9.17, 15) is 4.79 Å². The van der Waals surface area contributed by atoms with Crippen molar-refractivity contribution < 1.29 is 13.9 Å². The van der Waals surface area contributed by atoms with Crippen LogP contribution in [-0.4, -0.2) is 35.7 Å². The Morgan fingerprint density at radius 2 is 2.22 bits per heavy atom. The highest BCUT2D eigenvalue weighted by Gasteiger charge is 2.32. The van der Waals surface area contributed by atoms with E-state index in [1.54, 1.807) is 7.11 Å². The number of hydrogen-bond donors (Lipinski definition) is 1. The Morgan fingerprint density at radius 3 is 3.00 bits per heavy atom. The van der Waals surface area contributed by atoms with Crippen molar-refractivity contribution >= 4 is 6.03 Å². The van der Waals surface area contributed by atoms with E-state index in [4.69, 9.17) is 9.15 Å². The molecule has 1 aliphatic heterocycles. The number of hydrogen-bond acceptors (Lipinski definition) is 3. The highest BCUT2D eigenvalue weighted by Crippen LogP contribution is 2.33. The molecule has 2 aromatic heterocycles. The molecule has 1 fully saturated rings. The largest absolute Gasteiger partial charge is 0.461 e. The molecule has 1 unspecified atom stereocenters. The zero-order valence-corrected chi connectivity index (χ0v) is 13.4. The summed E-state index contributed by atoms with van der Waals surface area (Å²) in [5, 5.41) is 2.99. The molecule has 2 amide bonds. The maximum atomic E-state index is 12.4. The van der Waals surface area contributed by atoms with E-state index in [0.717, 1.165) is 37.5 Å². The van der Waals surface area contributed by atoms with Crippen LogP contribution in [0.15, 0.2) is 41.1 Å². The number of nitrogens with one attached hydrogen (secondary N) is 1. The maximum absolute atomic E-state index is 12.4. The Balaban J connectivity index is 1.55. The number of furan rings is 1. The number of nitrogens with zero attached hydrogens (tertiary/aromatic N) is 2. The van der Waals surface area contributed by atoms with Gasteiger partial charge in [0.05, 0.1) is 6.04 Å². The van der Waals surface area contributed by atoms with Gasteiger partial charge in [-0.05, 0) is 37.1 Å². The molecular formula is C17H23N3O3. The van der Waals surface area contributed by atoms with Crippen molar-refractivity contribution in [3.63, 3.8) is 0 Å². The first kappa shape index (κ1) is 15.7. The molecule has 1 atom stereocenters. The van der Waals surface area contributed by atoms with E-state index in [2.05, 4.69) is 5.32 Å². The molecule has 1 saturated heterocycles. The van der Waals surface area contributed by atoms with E-state index >= 15 is 0 Å². The van der Waals surface area contributed by atoms with Gasteiger partial charge in [0.1, 0.15) is 18.1 Å². The van der Waals surface area contributed by atoms with E-state index in [1.165, 1.54) is 0 Å². The van der Waals surface area contributed by atoms with Gasteiger partial charge in [0.2, 0.25) is 0 Å². The van der Waals surface area contributed by atoms with Crippen molar-refractivity contribution in [3.8, 4) is 0 Å². The van der Waals surface area contributed by atoms with Crippen LogP contribution in [0.3, 0.4) is 0 Å². The van der Waals surface area contributed by atoms with Gasteiger partial charge in [-0.2, -0.15) is 0 Å². The quantitative estimate of drug-likeness (QED) is 0.891. The number of ether oxygens (including phenoxy) is 1. The van der Waals surface area contributed by atoms with Crippen LogP contribution in [0, 0.1) is 0 Å². The number of amides is 2. The minimum absolute atomic E-state index is 0.0205. The minimum Gasteiger partial charge on any atom is -0.461 e. The molecule has 1 aliphatic rings. The van der Waals surface area contributed by atoms with E-state index in [0.29, 0.717) is 13.2 Å². The van der Waals surface area contributed by atoms with Gasteiger partial charge in [-0.3, -0.25) is 0 Å². The van der Waals surface area contributed by atoms with Crippen LogP contribution >= 0.6 is 0 Å². The SMILES string of the molecule is COCc1ccc(C2CCCN2C(=O)NCCn2cccc2)o1. The van der Waals surface area contributed by atoms with Crippen LogP contribution in [0.4, 0.5) is 4.79 Å². The van der Waals surface area contributed by atoms with Crippen LogP contribution in [0.2, 0.25) is 0 Å². The normalized spacial score (nSPS) is 17.6. The summed E-state index contributed by atoms with van der Waals surface area (Å²) < 4.78 is 12.9. The average Bonchev–Trinajstić information content (AvgIpc) is 3.28. The number of methoxy groups -OCH3 is 1. The molecule has 0 saturated carbocycles. The first-order valence-electron chi connectivity index (χ1n) is 8.00. The lowest BCUT2D eigenvalue weighted by Crippen LogP contribution is -2.40. The second-order valence-electron chi connectivity index (χ2n) is 5.74. The fourth-order valence-corrected chi connectivity index (χ4v) is 3.01. The second kappa shape index (κ2) is 7.37. The molecule has 3 heterocycles. The third-order valence-electron chi connectivity index (χ3n) is 4.12. The first-order valence-corrected chi connectivity index (χ1v) is 8.00. The minimum atomic E-state index is -0.0238. The van der Waals surface area contributed by atoms with Crippen molar-refractivity contribution in [2.75, 3.05) is 20.2 Å². The highest BCUT2D eigenvalue weighted by molar-refractivity contribution is 5.75. The Labute approximate surface area is 136 Å². The topological polar surface area (TPSA) is 59.6 Å². The molecular weight excluding hydrogens is 294 g/mol. The summed E-state index contributed by atoms with van der Waals surface area (Å²) in [6, 6.07) is 7.82. The standard InChI is InChI=1S/C17H23N3O3/c1-22-13-14-6-7-16(23-14)15-5-4-11-20(15)17(21)18-8-12-19-9-2-3-10-19/h2-3,6-7,9-10,15H,4-5,8,11-13H2,1H3,(H,18,21). The van der Waals surface area contributed by atoms with Crippen LogP contribution < -0.4 is 5.32 Å². The first-order chi connectivity index (χ1) is 11.3. The summed E-state index contributed by atoms with van der Waals surface area (Å²) in [5.74, 6) is 1.64.